The van der Waals surface area contributed by atoms with Crippen LogP contribution < -0.4 is 0 Å². The zero-order chi connectivity index (χ0) is 34.8. The summed E-state index contributed by atoms with van der Waals surface area (Å²) < 4.78 is 31.4. The molecule has 5 saturated carbocycles. The van der Waals surface area contributed by atoms with Crippen molar-refractivity contribution in [3.05, 3.63) is 0 Å². The number of carbonyl (C=O) groups excluding carboxylic acids is 1. The number of ether oxygens (including phenoxy) is 5. The van der Waals surface area contributed by atoms with E-state index >= 15 is 0 Å². The molecule has 3 aliphatic heterocycles. The van der Waals surface area contributed by atoms with Crippen molar-refractivity contribution in [1.29, 1.82) is 0 Å². The Morgan fingerprint density at radius 2 is 1.58 bits per heavy atom. The smallest absolute Gasteiger partial charge is 0.302 e. The van der Waals surface area contributed by atoms with Crippen LogP contribution in [0.1, 0.15) is 100 Å². The molecule has 8 aliphatic rings. The predicted octanol–water partition coefficient (Wildman–Crippen LogP) is 2.66. The van der Waals surface area contributed by atoms with Crippen molar-refractivity contribution in [1.82, 2.24) is 0 Å². The highest BCUT2D eigenvalue weighted by Crippen LogP contribution is 2.89. The van der Waals surface area contributed by atoms with Crippen LogP contribution in [0, 0.1) is 50.7 Å². The monoisotopic (exact) mass is 678 g/mol. The standard InChI is InChI=1S/C37H58O11/c1-17-25-20(47-37(28(17)42)30(48-37)32(5,6)43)13-33(7)22-10-9-21-31(3,4)23(46-29-27(41)26(40)19(39)15-44-29)11-12-35(21)16-36(22,35)14-24(34(25,33)8)45-18(2)38/h17,19-30,39-43H,9-16H2,1-8H3/t17-,19+,20-,21-,22?,23-,24+,25-,26-,27+,28+,29-,30+,33-,34+,35+,36-,37+/m0/s1. The first-order valence-electron chi connectivity index (χ1n) is 18.5. The molecule has 11 heteroatoms. The van der Waals surface area contributed by atoms with E-state index in [0.717, 1.165) is 44.9 Å². The molecule has 48 heavy (non-hydrogen) atoms. The van der Waals surface area contributed by atoms with Crippen LogP contribution in [0.3, 0.4) is 0 Å². The molecule has 3 saturated heterocycles. The van der Waals surface area contributed by atoms with Gasteiger partial charge in [0.05, 0.1) is 24.4 Å². The normalized spacial score (nSPS) is 59.4. The lowest BCUT2D eigenvalue weighted by Gasteiger charge is -2.65. The van der Waals surface area contributed by atoms with E-state index in [2.05, 4.69) is 34.6 Å². The summed E-state index contributed by atoms with van der Waals surface area (Å²) in [6, 6.07) is 0. The van der Waals surface area contributed by atoms with Crippen molar-refractivity contribution in [3.8, 4) is 0 Å². The zero-order valence-electron chi connectivity index (χ0n) is 29.8. The van der Waals surface area contributed by atoms with Crippen LogP contribution in [0.5, 0.6) is 0 Å². The number of hydrogen-bond acceptors (Lipinski definition) is 11. The number of rotatable bonds is 4. The molecule has 0 amide bonds. The third kappa shape index (κ3) is 4.06. The van der Waals surface area contributed by atoms with Crippen molar-refractivity contribution in [2.24, 2.45) is 50.7 Å². The fourth-order valence-corrected chi connectivity index (χ4v) is 14.1. The number of esters is 1. The minimum Gasteiger partial charge on any atom is -0.462 e. The number of carbonyl (C=O) groups is 1. The molecular weight excluding hydrogens is 620 g/mol. The molecule has 0 aromatic carbocycles. The van der Waals surface area contributed by atoms with E-state index in [1.54, 1.807) is 13.8 Å². The number of hydrogen-bond donors (Lipinski definition) is 5. The van der Waals surface area contributed by atoms with Gasteiger partial charge in [0.1, 0.15) is 36.6 Å². The van der Waals surface area contributed by atoms with Crippen LogP contribution in [-0.4, -0.2) is 105 Å². The highest BCUT2D eigenvalue weighted by molar-refractivity contribution is 5.66. The average molecular weight is 679 g/mol. The first-order valence-corrected chi connectivity index (χ1v) is 18.5. The maximum atomic E-state index is 12.9. The van der Waals surface area contributed by atoms with Crippen LogP contribution in [-0.2, 0) is 28.5 Å². The van der Waals surface area contributed by atoms with E-state index in [1.807, 2.05) is 0 Å². The Labute approximate surface area is 284 Å². The van der Waals surface area contributed by atoms with Crippen molar-refractivity contribution < 1.29 is 54.0 Å². The zero-order valence-corrected chi connectivity index (χ0v) is 29.8. The fourth-order valence-electron chi connectivity index (χ4n) is 14.1. The molecule has 0 aromatic heterocycles. The minimum absolute atomic E-state index is 0.00751. The summed E-state index contributed by atoms with van der Waals surface area (Å²) in [6.07, 6.45) is -0.610. The Kier molecular flexibility index (Phi) is 7.24. The summed E-state index contributed by atoms with van der Waals surface area (Å²) in [5, 5.41) is 53.5. The molecule has 5 aliphatic carbocycles. The molecule has 3 spiro atoms. The molecule has 272 valence electrons. The maximum absolute atomic E-state index is 12.9. The molecule has 18 atom stereocenters. The second-order valence-electron chi connectivity index (χ2n) is 19.0. The van der Waals surface area contributed by atoms with Gasteiger partial charge in [-0.1, -0.05) is 34.6 Å². The predicted molar refractivity (Wildman–Crippen MR) is 170 cm³/mol. The van der Waals surface area contributed by atoms with Gasteiger partial charge in [0, 0.05) is 12.3 Å². The van der Waals surface area contributed by atoms with Gasteiger partial charge in [-0.3, -0.25) is 4.79 Å². The van der Waals surface area contributed by atoms with Crippen molar-refractivity contribution >= 4 is 5.97 Å². The largest absolute Gasteiger partial charge is 0.462 e. The molecule has 11 nitrogen and oxygen atoms in total. The Hall–Kier alpha value is -0.890. The summed E-state index contributed by atoms with van der Waals surface area (Å²) in [5.74, 6) is -1.03. The average Bonchev–Trinajstić information content (AvgIpc) is 3.86. The number of aliphatic hydroxyl groups is 5. The van der Waals surface area contributed by atoms with Gasteiger partial charge >= 0.3 is 5.97 Å². The van der Waals surface area contributed by atoms with Crippen LogP contribution >= 0.6 is 0 Å². The van der Waals surface area contributed by atoms with Crippen LogP contribution in [0.4, 0.5) is 0 Å². The molecular formula is C37H58O11. The molecule has 8 fully saturated rings. The van der Waals surface area contributed by atoms with Crippen molar-refractivity contribution in [2.45, 2.75) is 167 Å². The summed E-state index contributed by atoms with van der Waals surface area (Å²) in [5.41, 5.74) is -2.02. The molecule has 3 heterocycles. The summed E-state index contributed by atoms with van der Waals surface area (Å²) in [7, 11) is 0. The third-order valence-electron chi connectivity index (χ3n) is 16.2. The van der Waals surface area contributed by atoms with Gasteiger partial charge in [0.2, 0.25) is 5.79 Å². The van der Waals surface area contributed by atoms with E-state index in [1.165, 1.54) is 6.92 Å². The Morgan fingerprint density at radius 1 is 0.896 bits per heavy atom. The van der Waals surface area contributed by atoms with Gasteiger partial charge in [0.25, 0.3) is 0 Å². The maximum Gasteiger partial charge on any atom is 0.302 e. The quantitative estimate of drug-likeness (QED) is 0.169. The lowest BCUT2D eigenvalue weighted by molar-refractivity contribution is -0.303. The Bertz CT molecular complexity index is 1350. The van der Waals surface area contributed by atoms with Gasteiger partial charge in [-0.25, -0.2) is 0 Å². The van der Waals surface area contributed by atoms with E-state index in [0.29, 0.717) is 11.8 Å². The van der Waals surface area contributed by atoms with E-state index in [9.17, 15) is 30.3 Å². The van der Waals surface area contributed by atoms with Crippen LogP contribution in [0.15, 0.2) is 0 Å². The van der Waals surface area contributed by atoms with Crippen LogP contribution in [0.2, 0.25) is 0 Å². The second kappa shape index (κ2) is 10.2. The summed E-state index contributed by atoms with van der Waals surface area (Å²) in [6.45, 7) is 16.1. The molecule has 8 rings (SSSR count). The Balaban J connectivity index is 1.11. The van der Waals surface area contributed by atoms with E-state index in [-0.39, 0.29) is 64.4 Å². The highest BCUT2D eigenvalue weighted by atomic mass is 16.8. The van der Waals surface area contributed by atoms with Gasteiger partial charge in [0.15, 0.2) is 6.29 Å². The highest BCUT2D eigenvalue weighted by Gasteiger charge is 2.87. The SMILES string of the molecule is CC(=O)O[C@@H]1C[C@@]23C[C@@]24CC[C@H](O[C@@H]2OC[C@@H](O)[C@H](O)[C@H]2O)C(C)(C)[C@@H]4CCC3[C@]2(C)C[C@@H]3O[C@@]4(O[C@@H]4C(C)(C)O)[C@H](O)[C@@H](C)[C@@H]3[C@@]12C. The number of fused-ring (bicyclic) bond motifs is 4. The first-order chi connectivity index (χ1) is 22.2. The van der Waals surface area contributed by atoms with E-state index < -0.39 is 53.6 Å². The minimum atomic E-state index is -1.32. The number of aliphatic hydroxyl groups excluding tert-OH is 4. The number of epoxide rings is 1. The van der Waals surface area contributed by atoms with Crippen molar-refractivity contribution in [3.63, 3.8) is 0 Å². The first kappa shape index (κ1) is 34.2. The lowest BCUT2D eigenvalue weighted by Crippen LogP contribution is -2.65. The Morgan fingerprint density at radius 3 is 2.23 bits per heavy atom. The lowest BCUT2D eigenvalue weighted by atomic mass is 9.41. The molecule has 0 radical (unpaired) electrons. The topological polar surface area (TPSA) is 168 Å². The van der Waals surface area contributed by atoms with Crippen molar-refractivity contribution in [2.75, 3.05) is 6.61 Å². The summed E-state index contributed by atoms with van der Waals surface area (Å²) in [4.78, 5) is 12.9. The van der Waals surface area contributed by atoms with Gasteiger partial charge in [-0.15, -0.1) is 0 Å². The van der Waals surface area contributed by atoms with Gasteiger partial charge < -0.3 is 49.2 Å². The van der Waals surface area contributed by atoms with Gasteiger partial charge in [-0.05, 0) is 104 Å². The van der Waals surface area contributed by atoms with E-state index in [4.69, 9.17) is 23.7 Å². The molecule has 5 N–H and O–H groups in total. The van der Waals surface area contributed by atoms with Gasteiger partial charge in [-0.2, -0.15) is 0 Å². The summed E-state index contributed by atoms with van der Waals surface area (Å²) >= 11 is 0. The molecule has 0 bridgehead atoms. The second-order valence-corrected chi connectivity index (χ2v) is 19.0. The third-order valence-corrected chi connectivity index (χ3v) is 16.2. The molecule has 1 unspecified atom stereocenters. The molecule has 0 aromatic rings. The fraction of sp³-hybridized carbons (Fsp3) is 0.973. The van der Waals surface area contributed by atoms with Crippen LogP contribution in [0.25, 0.3) is 0 Å².